The zero-order valence-corrected chi connectivity index (χ0v) is 10.4. The molecule has 1 rings (SSSR count). The zero-order chi connectivity index (χ0) is 10.6. The van der Waals surface area contributed by atoms with Gasteiger partial charge in [0, 0.05) is 9.52 Å². The SMILES string of the molecule is C=Cc1ccc(C)c(C)c1C[Si]CC. The molecule has 0 bridgehead atoms. The number of aryl methyl sites for hydroxylation is 1. The lowest BCUT2D eigenvalue weighted by atomic mass is 9.99. The molecule has 2 radical (unpaired) electrons. The van der Waals surface area contributed by atoms with Crippen LogP contribution in [0.25, 0.3) is 6.08 Å². The first-order valence-electron chi connectivity index (χ1n) is 5.13. The molecule has 0 saturated carbocycles. The van der Waals surface area contributed by atoms with Crippen LogP contribution in [0.5, 0.6) is 0 Å². The van der Waals surface area contributed by atoms with Crippen LogP contribution in [0.4, 0.5) is 0 Å². The van der Waals surface area contributed by atoms with Crippen LogP contribution in [0, 0.1) is 13.8 Å². The summed E-state index contributed by atoms with van der Waals surface area (Å²) in [5.74, 6) is 0. The first kappa shape index (κ1) is 11.3. The van der Waals surface area contributed by atoms with Gasteiger partial charge < -0.3 is 0 Å². The Morgan fingerprint density at radius 2 is 2.07 bits per heavy atom. The molecule has 0 aromatic heterocycles. The van der Waals surface area contributed by atoms with Crippen LogP contribution >= 0.6 is 0 Å². The van der Waals surface area contributed by atoms with Crippen LogP contribution < -0.4 is 0 Å². The summed E-state index contributed by atoms with van der Waals surface area (Å²) in [5, 5.41) is 0. The second-order valence-electron chi connectivity index (χ2n) is 3.56. The molecule has 0 aliphatic rings. The fourth-order valence-corrected chi connectivity index (χ4v) is 2.54. The van der Waals surface area contributed by atoms with E-state index in [-0.39, 0.29) is 0 Å². The molecule has 0 unspecified atom stereocenters. The molecule has 0 N–H and O–H groups in total. The summed E-state index contributed by atoms with van der Waals surface area (Å²) in [5.41, 5.74) is 5.66. The minimum atomic E-state index is 1.04. The highest BCUT2D eigenvalue weighted by Gasteiger charge is 2.05. The van der Waals surface area contributed by atoms with Crippen molar-refractivity contribution in [3.8, 4) is 0 Å². The number of benzene rings is 1. The van der Waals surface area contributed by atoms with Crippen molar-refractivity contribution >= 4 is 15.6 Å². The van der Waals surface area contributed by atoms with Crippen LogP contribution in [-0.4, -0.2) is 9.52 Å². The summed E-state index contributed by atoms with van der Waals surface area (Å²) in [6.45, 7) is 10.5. The predicted molar refractivity (Wildman–Crippen MR) is 65.9 cm³/mol. The average molecular weight is 202 g/mol. The summed E-state index contributed by atoms with van der Waals surface area (Å²) in [7, 11) is 1.04. The van der Waals surface area contributed by atoms with Crippen molar-refractivity contribution in [3.63, 3.8) is 0 Å². The Labute approximate surface area is 89.9 Å². The van der Waals surface area contributed by atoms with E-state index >= 15 is 0 Å². The molecule has 14 heavy (non-hydrogen) atoms. The Kier molecular flexibility index (Phi) is 4.14. The van der Waals surface area contributed by atoms with Crippen LogP contribution in [0.1, 0.15) is 29.2 Å². The predicted octanol–water partition coefficient (Wildman–Crippen LogP) is 3.59. The molecule has 0 aliphatic carbocycles. The van der Waals surface area contributed by atoms with Crippen LogP contribution in [0.3, 0.4) is 0 Å². The van der Waals surface area contributed by atoms with Gasteiger partial charge in [-0.2, -0.15) is 0 Å². The maximum Gasteiger partial charge on any atom is 0.0426 e. The summed E-state index contributed by atoms with van der Waals surface area (Å²) in [4.78, 5) is 0. The van der Waals surface area contributed by atoms with E-state index in [0.29, 0.717) is 0 Å². The van der Waals surface area contributed by atoms with Crippen molar-refractivity contribution in [3.05, 3.63) is 41.0 Å². The van der Waals surface area contributed by atoms with Crippen LogP contribution in [0.15, 0.2) is 18.7 Å². The maximum absolute atomic E-state index is 3.87. The highest BCUT2D eigenvalue weighted by atomic mass is 28.2. The molecular weight excluding hydrogens is 184 g/mol. The van der Waals surface area contributed by atoms with E-state index in [9.17, 15) is 0 Å². The lowest BCUT2D eigenvalue weighted by Gasteiger charge is -2.11. The molecule has 0 saturated heterocycles. The van der Waals surface area contributed by atoms with Crippen molar-refractivity contribution in [2.45, 2.75) is 32.9 Å². The molecule has 0 fully saturated rings. The van der Waals surface area contributed by atoms with E-state index in [1.165, 1.54) is 34.3 Å². The molecule has 0 nitrogen and oxygen atoms in total. The van der Waals surface area contributed by atoms with Crippen molar-refractivity contribution in [1.82, 2.24) is 0 Å². The first-order valence-corrected chi connectivity index (χ1v) is 6.54. The Morgan fingerprint density at radius 3 is 2.64 bits per heavy atom. The monoisotopic (exact) mass is 202 g/mol. The van der Waals surface area contributed by atoms with Gasteiger partial charge in [-0.3, -0.25) is 0 Å². The van der Waals surface area contributed by atoms with Crippen LogP contribution in [0.2, 0.25) is 6.04 Å². The second kappa shape index (κ2) is 5.16. The number of hydrogen-bond acceptors (Lipinski definition) is 0. The molecule has 1 aromatic carbocycles. The Balaban J connectivity index is 3.07. The van der Waals surface area contributed by atoms with E-state index in [2.05, 4.69) is 39.5 Å². The van der Waals surface area contributed by atoms with Gasteiger partial charge in [-0.25, -0.2) is 0 Å². The quantitative estimate of drug-likeness (QED) is 0.655. The summed E-state index contributed by atoms with van der Waals surface area (Å²) >= 11 is 0. The second-order valence-corrected chi connectivity index (χ2v) is 5.12. The largest absolute Gasteiger partial charge is 0.0985 e. The van der Waals surface area contributed by atoms with Crippen molar-refractivity contribution in [2.75, 3.05) is 0 Å². The highest BCUT2D eigenvalue weighted by molar-refractivity contribution is 6.34. The third-order valence-electron chi connectivity index (χ3n) is 2.68. The summed E-state index contributed by atoms with van der Waals surface area (Å²) in [6.07, 6.45) is 1.97. The van der Waals surface area contributed by atoms with Gasteiger partial charge in [0.25, 0.3) is 0 Å². The molecule has 1 heteroatoms. The minimum Gasteiger partial charge on any atom is -0.0985 e. The van der Waals surface area contributed by atoms with E-state index in [1.807, 2.05) is 6.08 Å². The normalized spacial score (nSPS) is 10.2. The maximum atomic E-state index is 3.87. The number of rotatable bonds is 4. The molecule has 74 valence electrons. The van der Waals surface area contributed by atoms with Gasteiger partial charge in [0.05, 0.1) is 0 Å². The van der Waals surface area contributed by atoms with Gasteiger partial charge in [-0.1, -0.05) is 37.8 Å². The van der Waals surface area contributed by atoms with Gasteiger partial charge in [0.1, 0.15) is 0 Å². The first-order chi connectivity index (χ1) is 6.70. The van der Waals surface area contributed by atoms with Gasteiger partial charge in [-0.15, -0.1) is 0 Å². The van der Waals surface area contributed by atoms with Gasteiger partial charge in [-0.05, 0) is 42.1 Å². The fraction of sp³-hybridized carbons (Fsp3) is 0.385. The molecule has 0 aliphatic heterocycles. The standard InChI is InChI=1S/C13H18Si/c1-5-12-8-7-10(3)11(4)13(12)9-14-6-2/h5,7-8H,1,6,9H2,2-4H3. The third-order valence-corrected chi connectivity index (χ3v) is 3.78. The number of hydrogen-bond donors (Lipinski definition) is 0. The van der Waals surface area contributed by atoms with Gasteiger partial charge in [0.15, 0.2) is 0 Å². The van der Waals surface area contributed by atoms with Crippen molar-refractivity contribution < 1.29 is 0 Å². The van der Waals surface area contributed by atoms with Crippen molar-refractivity contribution in [1.29, 1.82) is 0 Å². The molecule has 0 spiro atoms. The lowest BCUT2D eigenvalue weighted by molar-refractivity contribution is 1.21. The topological polar surface area (TPSA) is 0 Å². The zero-order valence-electron chi connectivity index (χ0n) is 9.35. The van der Waals surface area contributed by atoms with E-state index < -0.39 is 0 Å². The molecule has 0 atom stereocenters. The molecule has 1 aromatic rings. The molecular formula is C13H18Si. The fourth-order valence-electron chi connectivity index (χ4n) is 1.57. The Bertz CT molecular complexity index is 326. The molecule has 0 heterocycles. The van der Waals surface area contributed by atoms with E-state index in [4.69, 9.17) is 0 Å². The Hall–Kier alpha value is -0.823. The van der Waals surface area contributed by atoms with E-state index in [0.717, 1.165) is 9.52 Å². The molecule has 0 amide bonds. The highest BCUT2D eigenvalue weighted by Crippen LogP contribution is 2.19. The van der Waals surface area contributed by atoms with E-state index in [1.54, 1.807) is 0 Å². The van der Waals surface area contributed by atoms with Crippen LogP contribution in [-0.2, 0) is 6.04 Å². The smallest absolute Gasteiger partial charge is 0.0426 e. The van der Waals surface area contributed by atoms with Gasteiger partial charge >= 0.3 is 0 Å². The average Bonchev–Trinajstić information content (AvgIpc) is 2.20. The minimum absolute atomic E-state index is 1.04. The van der Waals surface area contributed by atoms with Gasteiger partial charge in [0.2, 0.25) is 0 Å². The summed E-state index contributed by atoms with van der Waals surface area (Å²) < 4.78 is 0. The summed E-state index contributed by atoms with van der Waals surface area (Å²) in [6, 6.07) is 6.87. The third kappa shape index (κ3) is 2.35. The Morgan fingerprint density at radius 1 is 1.36 bits per heavy atom. The van der Waals surface area contributed by atoms with Crippen molar-refractivity contribution in [2.24, 2.45) is 0 Å². The lowest BCUT2D eigenvalue weighted by Crippen LogP contribution is -2.01.